The summed E-state index contributed by atoms with van der Waals surface area (Å²) in [5.41, 5.74) is 7.33. The standard InChI is InChI=1S/C22H23FN2/c1-15-7-8-21-19(11-15)20-14-24(3)10-9-22(20)25(21)13-16(2)17-5-4-6-18(23)12-17/h4-8,11-13H,9-10,14H2,1-3H3/b16-13+. The molecule has 0 amide bonds. The number of aromatic nitrogens is 1. The molecular formula is C22H23FN2. The van der Waals surface area contributed by atoms with Crippen LogP contribution < -0.4 is 0 Å². The number of hydrogen-bond acceptors (Lipinski definition) is 1. The molecule has 25 heavy (non-hydrogen) atoms. The van der Waals surface area contributed by atoms with Crippen LogP contribution in [0, 0.1) is 12.7 Å². The summed E-state index contributed by atoms with van der Waals surface area (Å²) in [4.78, 5) is 2.37. The van der Waals surface area contributed by atoms with Gasteiger partial charge >= 0.3 is 0 Å². The minimum absolute atomic E-state index is 0.193. The third-order valence-electron chi connectivity index (χ3n) is 5.14. The number of allylic oxidation sites excluding steroid dienone is 1. The first-order valence-electron chi connectivity index (χ1n) is 8.78. The Morgan fingerprint density at radius 1 is 1.16 bits per heavy atom. The summed E-state index contributed by atoms with van der Waals surface area (Å²) in [7, 11) is 2.18. The van der Waals surface area contributed by atoms with Gasteiger partial charge in [-0.05, 0) is 61.9 Å². The van der Waals surface area contributed by atoms with Crippen LogP contribution in [-0.2, 0) is 13.0 Å². The summed E-state index contributed by atoms with van der Waals surface area (Å²) in [6.07, 6.45) is 3.20. The minimum Gasteiger partial charge on any atom is -0.320 e. The second-order valence-corrected chi connectivity index (χ2v) is 7.13. The molecule has 0 saturated heterocycles. The number of benzene rings is 2. The molecule has 0 aliphatic carbocycles. The zero-order valence-electron chi connectivity index (χ0n) is 15.0. The van der Waals surface area contributed by atoms with Crippen LogP contribution in [0.25, 0.3) is 22.7 Å². The normalized spacial score (nSPS) is 15.6. The van der Waals surface area contributed by atoms with Crippen LogP contribution >= 0.6 is 0 Å². The maximum atomic E-state index is 13.6. The molecule has 0 spiro atoms. The van der Waals surface area contributed by atoms with Crippen LogP contribution in [0.4, 0.5) is 4.39 Å². The van der Waals surface area contributed by atoms with E-state index in [0.717, 1.165) is 30.6 Å². The van der Waals surface area contributed by atoms with Gasteiger partial charge in [-0.1, -0.05) is 23.8 Å². The van der Waals surface area contributed by atoms with Gasteiger partial charge in [-0.15, -0.1) is 0 Å². The first kappa shape index (κ1) is 16.1. The van der Waals surface area contributed by atoms with Gasteiger partial charge in [0, 0.05) is 36.8 Å². The second-order valence-electron chi connectivity index (χ2n) is 7.13. The second kappa shape index (κ2) is 6.16. The maximum Gasteiger partial charge on any atom is 0.123 e. The van der Waals surface area contributed by atoms with Crippen molar-refractivity contribution in [3.63, 3.8) is 0 Å². The van der Waals surface area contributed by atoms with Gasteiger partial charge in [-0.3, -0.25) is 0 Å². The lowest BCUT2D eigenvalue weighted by Crippen LogP contribution is -2.26. The SMILES string of the molecule is C/C(=C\n1c2c(c3cc(C)ccc31)CN(C)CC2)c1cccc(F)c1. The van der Waals surface area contributed by atoms with E-state index in [-0.39, 0.29) is 5.82 Å². The highest BCUT2D eigenvalue weighted by atomic mass is 19.1. The molecular weight excluding hydrogens is 311 g/mol. The predicted molar refractivity (Wildman–Crippen MR) is 103 cm³/mol. The molecule has 1 aliphatic heterocycles. The zero-order chi connectivity index (χ0) is 17.6. The zero-order valence-corrected chi connectivity index (χ0v) is 15.0. The van der Waals surface area contributed by atoms with E-state index in [9.17, 15) is 4.39 Å². The van der Waals surface area contributed by atoms with Crippen molar-refractivity contribution in [3.8, 4) is 0 Å². The van der Waals surface area contributed by atoms with Crippen molar-refractivity contribution in [2.24, 2.45) is 0 Å². The molecule has 2 heterocycles. The maximum absolute atomic E-state index is 13.6. The Morgan fingerprint density at radius 3 is 2.80 bits per heavy atom. The van der Waals surface area contributed by atoms with Crippen molar-refractivity contribution in [1.29, 1.82) is 0 Å². The number of rotatable bonds is 2. The third-order valence-corrected chi connectivity index (χ3v) is 5.14. The Bertz CT molecular complexity index is 981. The monoisotopic (exact) mass is 334 g/mol. The smallest absolute Gasteiger partial charge is 0.123 e. The van der Waals surface area contributed by atoms with E-state index in [4.69, 9.17) is 0 Å². The van der Waals surface area contributed by atoms with E-state index in [1.807, 2.05) is 6.07 Å². The summed E-state index contributed by atoms with van der Waals surface area (Å²) in [5.74, 6) is -0.193. The summed E-state index contributed by atoms with van der Waals surface area (Å²) < 4.78 is 15.9. The number of nitrogens with zero attached hydrogens (tertiary/aromatic N) is 2. The van der Waals surface area contributed by atoms with Crippen molar-refractivity contribution in [3.05, 3.63) is 70.7 Å². The van der Waals surface area contributed by atoms with Crippen LogP contribution in [0.3, 0.4) is 0 Å². The number of halogens is 1. The molecule has 1 aliphatic rings. The minimum atomic E-state index is -0.193. The van der Waals surface area contributed by atoms with Gasteiger partial charge in [0.25, 0.3) is 0 Å². The highest BCUT2D eigenvalue weighted by molar-refractivity contribution is 5.90. The van der Waals surface area contributed by atoms with Crippen molar-refractivity contribution >= 4 is 22.7 Å². The average molecular weight is 334 g/mol. The molecule has 4 rings (SSSR count). The molecule has 0 saturated carbocycles. The lowest BCUT2D eigenvalue weighted by atomic mass is 10.0. The predicted octanol–water partition coefficient (Wildman–Crippen LogP) is 5.09. The largest absolute Gasteiger partial charge is 0.320 e. The summed E-state index contributed by atoms with van der Waals surface area (Å²) in [6, 6.07) is 13.5. The van der Waals surface area contributed by atoms with Crippen molar-refractivity contribution < 1.29 is 4.39 Å². The summed E-state index contributed by atoms with van der Waals surface area (Å²) >= 11 is 0. The van der Waals surface area contributed by atoms with E-state index in [1.165, 1.54) is 33.8 Å². The van der Waals surface area contributed by atoms with Gasteiger partial charge in [0.15, 0.2) is 0 Å². The average Bonchev–Trinajstić information content (AvgIpc) is 2.87. The molecule has 3 aromatic rings. The summed E-state index contributed by atoms with van der Waals surface area (Å²) in [6.45, 7) is 6.24. The number of hydrogen-bond donors (Lipinski definition) is 0. The van der Waals surface area contributed by atoms with Gasteiger partial charge in [-0.2, -0.15) is 0 Å². The van der Waals surface area contributed by atoms with Crippen LogP contribution in [-0.4, -0.2) is 23.1 Å². The van der Waals surface area contributed by atoms with Gasteiger partial charge in [0.05, 0.1) is 5.52 Å². The van der Waals surface area contributed by atoms with E-state index in [1.54, 1.807) is 12.1 Å². The molecule has 0 radical (unpaired) electrons. The van der Waals surface area contributed by atoms with Gasteiger partial charge < -0.3 is 9.47 Å². The van der Waals surface area contributed by atoms with Crippen molar-refractivity contribution in [2.75, 3.05) is 13.6 Å². The highest BCUT2D eigenvalue weighted by Gasteiger charge is 2.21. The Hall–Kier alpha value is -2.39. The Labute approximate surface area is 148 Å². The quantitative estimate of drug-likeness (QED) is 0.633. The van der Waals surface area contributed by atoms with E-state index < -0.39 is 0 Å². The molecule has 0 atom stereocenters. The molecule has 0 N–H and O–H groups in total. The van der Waals surface area contributed by atoms with Crippen molar-refractivity contribution in [1.82, 2.24) is 9.47 Å². The third kappa shape index (κ3) is 2.89. The fourth-order valence-corrected chi connectivity index (χ4v) is 3.79. The molecule has 128 valence electrons. The first-order chi connectivity index (χ1) is 12.0. The first-order valence-corrected chi connectivity index (χ1v) is 8.78. The fraction of sp³-hybridized carbons (Fsp3) is 0.273. The Balaban J connectivity index is 1.91. The number of aryl methyl sites for hydroxylation is 1. The van der Waals surface area contributed by atoms with E-state index in [0.29, 0.717) is 0 Å². The Morgan fingerprint density at radius 2 is 2.00 bits per heavy atom. The topological polar surface area (TPSA) is 8.17 Å². The lowest BCUT2D eigenvalue weighted by molar-refractivity contribution is 0.312. The van der Waals surface area contributed by atoms with E-state index >= 15 is 0 Å². The number of likely N-dealkylation sites (N-methyl/N-ethyl adjacent to an activating group) is 1. The molecule has 1 aromatic heterocycles. The van der Waals surface area contributed by atoms with Crippen LogP contribution in [0.1, 0.15) is 29.3 Å². The van der Waals surface area contributed by atoms with Gasteiger partial charge in [-0.25, -0.2) is 4.39 Å². The molecule has 0 fully saturated rings. The number of fused-ring (bicyclic) bond motifs is 3. The van der Waals surface area contributed by atoms with Crippen LogP contribution in [0.2, 0.25) is 0 Å². The highest BCUT2D eigenvalue weighted by Crippen LogP contribution is 2.32. The fourth-order valence-electron chi connectivity index (χ4n) is 3.79. The van der Waals surface area contributed by atoms with Crippen LogP contribution in [0.5, 0.6) is 0 Å². The Kier molecular flexibility index (Phi) is 3.97. The van der Waals surface area contributed by atoms with Crippen LogP contribution in [0.15, 0.2) is 42.5 Å². The van der Waals surface area contributed by atoms with Gasteiger partial charge in [0.1, 0.15) is 5.82 Å². The van der Waals surface area contributed by atoms with Gasteiger partial charge in [0.2, 0.25) is 0 Å². The lowest BCUT2D eigenvalue weighted by Gasteiger charge is -2.23. The van der Waals surface area contributed by atoms with E-state index in [2.05, 4.69) is 54.8 Å². The van der Waals surface area contributed by atoms with Crippen molar-refractivity contribution in [2.45, 2.75) is 26.8 Å². The molecule has 3 heteroatoms. The molecule has 0 bridgehead atoms. The summed E-state index contributed by atoms with van der Waals surface area (Å²) in [5, 5.41) is 1.34. The molecule has 0 unspecified atom stereocenters. The molecule has 2 aromatic carbocycles. The molecule has 2 nitrogen and oxygen atoms in total.